The van der Waals surface area contributed by atoms with Crippen molar-refractivity contribution in [2.24, 2.45) is 5.92 Å². The van der Waals surface area contributed by atoms with Crippen LogP contribution in [0.5, 0.6) is 5.75 Å². The number of nitrogens with zero attached hydrogens (tertiary/aromatic N) is 3. The highest BCUT2D eigenvalue weighted by molar-refractivity contribution is 7.90. The molecule has 2 saturated heterocycles. The molecule has 1 saturated carbocycles. The Bertz CT molecular complexity index is 1880. The summed E-state index contributed by atoms with van der Waals surface area (Å²) in [7, 11) is 0.0378. The van der Waals surface area contributed by atoms with Gasteiger partial charge in [-0.25, -0.2) is 13.1 Å². The Morgan fingerprint density at radius 2 is 1.79 bits per heavy atom. The molecule has 6 aliphatic rings. The molecule has 4 heterocycles. The van der Waals surface area contributed by atoms with Crippen molar-refractivity contribution in [2.75, 3.05) is 27.2 Å². The molecule has 3 fully saturated rings. The second-order valence-corrected chi connectivity index (χ2v) is 17.2. The van der Waals surface area contributed by atoms with Gasteiger partial charge >= 0.3 is 0 Å². The zero-order valence-electron chi connectivity index (χ0n) is 28.6. The molecule has 2 aromatic rings. The number of carbonyl (C=O) groups excluding carboxylic acids is 2. The number of fused-ring (bicyclic) bond motifs is 8. The molecule has 1 aromatic carbocycles. The van der Waals surface area contributed by atoms with E-state index in [1.54, 1.807) is 21.0 Å². The molecule has 4 unspecified atom stereocenters. The first-order valence-corrected chi connectivity index (χ1v) is 19.6. The molecule has 0 spiro atoms. The van der Waals surface area contributed by atoms with Crippen molar-refractivity contribution in [1.82, 2.24) is 19.1 Å². The van der Waals surface area contributed by atoms with Crippen molar-refractivity contribution in [3.63, 3.8) is 0 Å². The Labute approximate surface area is 284 Å². The molecule has 256 valence electrons. The summed E-state index contributed by atoms with van der Waals surface area (Å²) in [5.41, 5.74) is 6.66. The number of piperazine rings is 1. The normalized spacial score (nSPS) is 27.8. The second-order valence-electron chi connectivity index (χ2n) is 15.1. The van der Waals surface area contributed by atoms with E-state index >= 15 is 0 Å². The summed E-state index contributed by atoms with van der Waals surface area (Å²) in [6.07, 6.45) is 13.2. The van der Waals surface area contributed by atoms with Crippen LogP contribution in [0.1, 0.15) is 94.7 Å². The van der Waals surface area contributed by atoms with Crippen LogP contribution in [-0.2, 0) is 26.2 Å². The van der Waals surface area contributed by atoms with Crippen LogP contribution in [0.2, 0.25) is 0 Å². The summed E-state index contributed by atoms with van der Waals surface area (Å²) < 4.78 is 36.8. The number of amides is 2. The number of methoxy groups -OCH3 is 1. The average molecular weight is 673 g/mol. The number of ether oxygens (including phenoxy) is 1. The fraction of sp³-hybridized carbons (Fsp3) is 0.579. The summed E-state index contributed by atoms with van der Waals surface area (Å²) in [5.74, 6) is 0.308. The van der Waals surface area contributed by atoms with E-state index in [1.807, 2.05) is 0 Å². The standard InChI is InChI=1S/C38H48N4O5S/c1-5-22(2)48(45,46)39-37(43)35-30-21-41-31(18-29-32(47-4)17-16-26(36(29)41)23-10-7-6-8-11-23)33-27(34(30)35)12-9-13-28(33)38(44)42-24-14-15-25(42)20-40(3)19-24/h9,12,16-18,22-25,28,33H,5-8,10-11,13-15,19-21H2,1-4H3,(H,39,43)/t22?,24?,25?,28-,33?/m1/s1. The molecule has 0 radical (unpaired) electrons. The van der Waals surface area contributed by atoms with E-state index in [1.165, 1.54) is 24.8 Å². The number of aromatic nitrogens is 1. The Kier molecular flexibility index (Phi) is 7.90. The molecule has 3 aliphatic carbocycles. The van der Waals surface area contributed by atoms with Gasteiger partial charge in [0.2, 0.25) is 15.9 Å². The van der Waals surface area contributed by atoms with Gasteiger partial charge in [0.1, 0.15) is 5.75 Å². The maximum atomic E-state index is 14.8. The third-order valence-electron chi connectivity index (χ3n) is 12.3. The van der Waals surface area contributed by atoms with E-state index in [2.05, 4.69) is 56.5 Å². The molecular weight excluding hydrogens is 625 g/mol. The van der Waals surface area contributed by atoms with Crippen LogP contribution in [0.15, 0.2) is 52.6 Å². The molecule has 9 nitrogen and oxygen atoms in total. The van der Waals surface area contributed by atoms with Gasteiger partial charge in [-0.05, 0) is 92.8 Å². The smallest absolute Gasteiger partial charge is 0.265 e. The van der Waals surface area contributed by atoms with Crippen LogP contribution < -0.4 is 9.46 Å². The van der Waals surface area contributed by atoms with Gasteiger partial charge in [0.25, 0.3) is 5.91 Å². The zero-order chi connectivity index (χ0) is 33.5. The lowest BCUT2D eigenvalue weighted by molar-refractivity contribution is -0.141. The quantitative estimate of drug-likeness (QED) is 0.416. The lowest BCUT2D eigenvalue weighted by Gasteiger charge is -2.43. The second kappa shape index (κ2) is 11.9. The lowest BCUT2D eigenvalue weighted by Crippen LogP contribution is -2.56. The molecule has 8 rings (SSSR count). The average Bonchev–Trinajstić information content (AvgIpc) is 3.62. The summed E-state index contributed by atoms with van der Waals surface area (Å²) in [5, 5.41) is 0.368. The van der Waals surface area contributed by atoms with E-state index in [0.29, 0.717) is 30.9 Å². The predicted octanol–water partition coefficient (Wildman–Crippen LogP) is 5.53. The van der Waals surface area contributed by atoms with Crippen LogP contribution in [0.3, 0.4) is 0 Å². The van der Waals surface area contributed by atoms with Crippen LogP contribution >= 0.6 is 0 Å². The van der Waals surface area contributed by atoms with Crippen molar-refractivity contribution < 1.29 is 22.7 Å². The first kappa shape index (κ1) is 31.9. The van der Waals surface area contributed by atoms with Gasteiger partial charge in [-0.2, -0.15) is 0 Å². The molecule has 5 atom stereocenters. The van der Waals surface area contributed by atoms with E-state index in [9.17, 15) is 18.0 Å². The van der Waals surface area contributed by atoms with Crippen molar-refractivity contribution in [3.05, 3.63) is 63.9 Å². The van der Waals surface area contributed by atoms with Gasteiger partial charge in [0.15, 0.2) is 0 Å². The Hall–Kier alpha value is -3.37. The molecule has 2 amide bonds. The van der Waals surface area contributed by atoms with Gasteiger partial charge < -0.3 is 19.1 Å². The summed E-state index contributed by atoms with van der Waals surface area (Å²) in [4.78, 5) is 33.2. The fourth-order valence-corrected chi connectivity index (χ4v) is 10.7. The first-order chi connectivity index (χ1) is 23.1. The third kappa shape index (κ3) is 4.99. The van der Waals surface area contributed by atoms with E-state index in [4.69, 9.17) is 4.74 Å². The number of hydrogen-bond acceptors (Lipinski definition) is 6. The Balaban J connectivity index is 1.29. The van der Waals surface area contributed by atoms with Crippen molar-refractivity contribution in [2.45, 2.75) is 107 Å². The molecule has 3 aliphatic heterocycles. The fourth-order valence-electron chi connectivity index (χ4n) is 9.67. The minimum absolute atomic E-state index is 0.203. The van der Waals surface area contributed by atoms with Gasteiger partial charge in [-0.1, -0.05) is 44.4 Å². The molecule has 2 bridgehead atoms. The largest absolute Gasteiger partial charge is 0.496 e. The first-order valence-electron chi connectivity index (χ1n) is 18.0. The minimum Gasteiger partial charge on any atom is -0.496 e. The number of likely N-dealkylation sites (tertiary alicyclic amines) is 1. The van der Waals surface area contributed by atoms with E-state index < -0.39 is 21.2 Å². The van der Waals surface area contributed by atoms with Crippen LogP contribution in [0.4, 0.5) is 0 Å². The molecule has 1 aromatic heterocycles. The summed E-state index contributed by atoms with van der Waals surface area (Å²) in [6.45, 7) is 5.68. The maximum absolute atomic E-state index is 14.8. The van der Waals surface area contributed by atoms with E-state index in [-0.39, 0.29) is 29.8 Å². The number of allylic oxidation sites excluding steroid dienone is 4. The highest BCUT2D eigenvalue weighted by Gasteiger charge is 2.50. The number of sulfonamides is 1. The number of likely N-dealkylation sites (N-methyl/N-ethyl adjacent to an activating group) is 1. The SMILES string of the molecule is CCC(C)S(=O)(=O)NC(=O)C1=C2Cn3c(cc4c(OC)ccc(C5CCCCC5)c43)C3C(=C21)C=CC[C@H]3C(=O)N1C2CCC1CN(C)C2. The summed E-state index contributed by atoms with van der Waals surface area (Å²) >= 11 is 0. The Morgan fingerprint density at radius 1 is 1.06 bits per heavy atom. The van der Waals surface area contributed by atoms with Crippen LogP contribution in [-0.4, -0.2) is 79.2 Å². The highest BCUT2D eigenvalue weighted by Crippen LogP contribution is 2.55. The summed E-state index contributed by atoms with van der Waals surface area (Å²) in [6, 6.07) is 7.01. The van der Waals surface area contributed by atoms with Crippen molar-refractivity contribution in [3.8, 4) is 5.75 Å². The third-order valence-corrected chi connectivity index (χ3v) is 14.2. The molecule has 1 N–H and O–H groups in total. The van der Waals surface area contributed by atoms with Crippen LogP contribution in [0, 0.1) is 5.92 Å². The molecule has 10 heteroatoms. The van der Waals surface area contributed by atoms with Gasteiger partial charge in [-0.3, -0.25) is 9.59 Å². The topological polar surface area (TPSA) is 101 Å². The lowest BCUT2D eigenvalue weighted by atomic mass is 9.75. The Morgan fingerprint density at radius 3 is 2.48 bits per heavy atom. The molecule has 48 heavy (non-hydrogen) atoms. The number of benzene rings is 1. The zero-order valence-corrected chi connectivity index (χ0v) is 29.4. The maximum Gasteiger partial charge on any atom is 0.265 e. The highest BCUT2D eigenvalue weighted by atomic mass is 32.2. The van der Waals surface area contributed by atoms with Crippen molar-refractivity contribution in [1.29, 1.82) is 0 Å². The molecular formula is C38H48N4O5S. The minimum atomic E-state index is -3.82. The number of nitrogens with one attached hydrogen (secondary N) is 1. The van der Waals surface area contributed by atoms with Crippen LogP contribution in [0.25, 0.3) is 10.9 Å². The van der Waals surface area contributed by atoms with Gasteiger partial charge in [-0.15, -0.1) is 0 Å². The number of carbonyl (C=O) groups is 2. The predicted molar refractivity (Wildman–Crippen MR) is 186 cm³/mol. The van der Waals surface area contributed by atoms with Crippen molar-refractivity contribution >= 4 is 32.7 Å². The number of rotatable bonds is 7. The number of hydrogen-bond donors (Lipinski definition) is 1. The monoisotopic (exact) mass is 672 g/mol. The van der Waals surface area contributed by atoms with E-state index in [0.717, 1.165) is 77.8 Å². The van der Waals surface area contributed by atoms with Gasteiger partial charge in [0, 0.05) is 48.7 Å². The van der Waals surface area contributed by atoms with Gasteiger partial charge in [0.05, 0.1) is 29.4 Å².